The lowest BCUT2D eigenvalue weighted by Crippen LogP contribution is -2.08. The Morgan fingerprint density at radius 3 is 2.73 bits per heavy atom. The lowest BCUT2D eigenvalue weighted by Gasteiger charge is -2.10. The van der Waals surface area contributed by atoms with Crippen molar-refractivity contribution in [2.75, 3.05) is 20.0 Å². The van der Waals surface area contributed by atoms with Gasteiger partial charge < -0.3 is 19.9 Å². The van der Waals surface area contributed by atoms with Gasteiger partial charge >= 0.3 is 5.97 Å². The fraction of sp³-hybridized carbons (Fsp3) is 0.231. The molecule has 0 unspecified atom stereocenters. The van der Waals surface area contributed by atoms with Crippen LogP contribution in [0.3, 0.4) is 0 Å². The Bertz CT molecular complexity index is 706. The number of aromatic nitrogens is 1. The zero-order chi connectivity index (χ0) is 16.3. The lowest BCUT2D eigenvalue weighted by molar-refractivity contribution is 0.0596. The largest absolute Gasteiger partial charge is 0.494 e. The molecule has 0 aliphatic rings. The Morgan fingerprint density at radius 1 is 1.36 bits per heavy atom. The fourth-order valence-electron chi connectivity index (χ4n) is 1.68. The van der Waals surface area contributed by atoms with Crippen molar-refractivity contribution in [3.05, 3.63) is 34.9 Å². The number of anilines is 1. The maximum atomic E-state index is 14.0. The normalized spacial score (nSPS) is 10.4. The number of carbonyl (C=O) groups excluding carboxylic acids is 1. The highest BCUT2D eigenvalue weighted by molar-refractivity contribution is 7.10. The summed E-state index contributed by atoms with van der Waals surface area (Å²) in [4.78, 5) is 11.6. The monoisotopic (exact) mass is 330 g/mol. The van der Waals surface area contributed by atoms with Gasteiger partial charge in [0.2, 0.25) is 5.88 Å². The summed E-state index contributed by atoms with van der Waals surface area (Å²) in [7, 11) is 2.43. The summed E-state index contributed by atoms with van der Waals surface area (Å²) in [5, 5.41) is 0.0911. The smallest absolute Gasteiger partial charge is 0.346 e. The van der Waals surface area contributed by atoms with Gasteiger partial charge in [-0.15, -0.1) is 0 Å². The van der Waals surface area contributed by atoms with Gasteiger partial charge in [0.1, 0.15) is 17.4 Å². The Morgan fingerprint density at radius 2 is 2.09 bits per heavy atom. The van der Waals surface area contributed by atoms with E-state index in [4.69, 9.17) is 15.2 Å². The van der Waals surface area contributed by atoms with Crippen LogP contribution in [-0.4, -0.2) is 24.6 Å². The molecule has 0 atom stereocenters. The Kier molecular flexibility index (Phi) is 4.76. The molecule has 0 aliphatic heterocycles. The molecule has 1 aromatic heterocycles. The van der Waals surface area contributed by atoms with Gasteiger partial charge in [0.05, 0.1) is 19.8 Å². The van der Waals surface area contributed by atoms with Crippen molar-refractivity contribution in [2.45, 2.75) is 6.61 Å². The van der Waals surface area contributed by atoms with E-state index in [1.807, 2.05) is 0 Å². The number of rotatable bonds is 5. The summed E-state index contributed by atoms with van der Waals surface area (Å²) >= 11 is 0.816. The summed E-state index contributed by atoms with van der Waals surface area (Å²) < 4.78 is 46.0. The zero-order valence-electron chi connectivity index (χ0n) is 11.7. The van der Waals surface area contributed by atoms with Crippen LogP contribution in [0.5, 0.6) is 11.6 Å². The van der Waals surface area contributed by atoms with Gasteiger partial charge in [-0.1, -0.05) is 0 Å². The van der Waals surface area contributed by atoms with E-state index in [-0.39, 0.29) is 27.8 Å². The second-order valence-corrected chi connectivity index (χ2v) is 4.85. The molecule has 118 valence electrons. The summed E-state index contributed by atoms with van der Waals surface area (Å²) in [6.07, 6.45) is 0. The molecule has 1 heterocycles. The molecule has 2 N–H and O–H groups in total. The van der Waals surface area contributed by atoms with Crippen molar-refractivity contribution in [3.8, 4) is 11.6 Å². The molecular formula is C13H12F2N2O4S. The summed E-state index contributed by atoms with van der Waals surface area (Å²) in [6.45, 7) is -0.484. The molecule has 0 bridgehead atoms. The number of nitrogens with zero attached hydrogens (tertiary/aromatic N) is 1. The first-order valence-corrected chi connectivity index (χ1v) is 6.74. The zero-order valence-corrected chi connectivity index (χ0v) is 12.5. The molecule has 0 spiro atoms. The van der Waals surface area contributed by atoms with Crippen molar-refractivity contribution in [3.63, 3.8) is 0 Å². The van der Waals surface area contributed by atoms with Crippen LogP contribution in [0.2, 0.25) is 0 Å². The third-order valence-corrected chi connectivity index (χ3v) is 3.46. The van der Waals surface area contributed by atoms with E-state index >= 15 is 0 Å². The number of benzene rings is 1. The Labute approximate surface area is 128 Å². The molecule has 0 saturated heterocycles. The average Bonchev–Trinajstić information content (AvgIpc) is 2.87. The SMILES string of the molecule is COC(=O)c1c(OCc2c(F)ccc(OC)c2F)nsc1N. The molecule has 0 fully saturated rings. The number of hydrogen-bond donors (Lipinski definition) is 1. The van der Waals surface area contributed by atoms with Gasteiger partial charge in [0.15, 0.2) is 17.1 Å². The molecule has 0 aliphatic carbocycles. The fourth-order valence-corrected chi connectivity index (χ4v) is 2.27. The molecule has 0 radical (unpaired) electrons. The minimum atomic E-state index is -0.884. The molecule has 6 nitrogen and oxygen atoms in total. The lowest BCUT2D eigenvalue weighted by atomic mass is 10.2. The highest BCUT2D eigenvalue weighted by Crippen LogP contribution is 2.30. The molecule has 1 aromatic carbocycles. The first kappa shape index (κ1) is 16.0. The van der Waals surface area contributed by atoms with Crippen LogP contribution in [0.15, 0.2) is 12.1 Å². The van der Waals surface area contributed by atoms with Crippen molar-refractivity contribution in [1.29, 1.82) is 0 Å². The molecule has 9 heteroatoms. The Balaban J connectivity index is 2.27. The number of methoxy groups -OCH3 is 2. The predicted molar refractivity (Wildman–Crippen MR) is 75.1 cm³/mol. The van der Waals surface area contributed by atoms with Crippen LogP contribution >= 0.6 is 11.5 Å². The van der Waals surface area contributed by atoms with Crippen LogP contribution in [0, 0.1) is 11.6 Å². The maximum absolute atomic E-state index is 14.0. The van der Waals surface area contributed by atoms with Gasteiger partial charge in [0.25, 0.3) is 0 Å². The molecule has 2 aromatic rings. The topological polar surface area (TPSA) is 83.7 Å². The number of nitrogen functional groups attached to an aromatic ring is 1. The van der Waals surface area contributed by atoms with Gasteiger partial charge in [-0.2, -0.15) is 4.37 Å². The van der Waals surface area contributed by atoms with Crippen molar-refractivity contribution in [2.24, 2.45) is 0 Å². The second-order valence-electron chi connectivity index (χ2n) is 4.05. The predicted octanol–water partition coefficient (Wildman–Crippen LogP) is 2.38. The van der Waals surface area contributed by atoms with Gasteiger partial charge in [-0.25, -0.2) is 13.6 Å². The number of esters is 1. The second kappa shape index (κ2) is 6.56. The van der Waals surface area contributed by atoms with Gasteiger partial charge in [-0.05, 0) is 23.7 Å². The van der Waals surface area contributed by atoms with E-state index in [0.29, 0.717) is 0 Å². The first-order valence-electron chi connectivity index (χ1n) is 5.96. The van der Waals surface area contributed by atoms with E-state index in [9.17, 15) is 13.6 Å². The summed E-state index contributed by atoms with van der Waals surface area (Å²) in [5.41, 5.74) is 5.18. The number of carbonyl (C=O) groups is 1. The standard InChI is InChI=1S/C13H12F2N2O4S/c1-19-8-4-3-7(14)6(10(8)15)5-21-12-9(13(18)20-2)11(16)22-17-12/h3-4H,5,16H2,1-2H3. The van der Waals surface area contributed by atoms with Crippen molar-refractivity contribution < 1.29 is 27.8 Å². The summed E-state index contributed by atoms with van der Waals surface area (Å²) in [5.74, 6) is -2.69. The minimum absolute atomic E-state index is 0.0730. The van der Waals surface area contributed by atoms with Crippen LogP contribution in [-0.2, 0) is 11.3 Å². The summed E-state index contributed by atoms with van der Waals surface area (Å²) in [6, 6.07) is 2.21. The number of nitrogens with two attached hydrogens (primary N) is 1. The van der Waals surface area contributed by atoms with Crippen molar-refractivity contribution in [1.82, 2.24) is 4.37 Å². The number of halogens is 2. The van der Waals surface area contributed by atoms with Crippen LogP contribution in [0.1, 0.15) is 15.9 Å². The van der Waals surface area contributed by atoms with E-state index in [0.717, 1.165) is 23.7 Å². The molecular weight excluding hydrogens is 318 g/mol. The first-order chi connectivity index (χ1) is 10.5. The average molecular weight is 330 g/mol. The van der Waals surface area contributed by atoms with Gasteiger partial charge in [-0.3, -0.25) is 0 Å². The van der Waals surface area contributed by atoms with Crippen LogP contribution in [0.25, 0.3) is 0 Å². The van der Waals surface area contributed by atoms with E-state index in [1.165, 1.54) is 14.2 Å². The van der Waals surface area contributed by atoms with Crippen LogP contribution in [0.4, 0.5) is 13.8 Å². The third-order valence-electron chi connectivity index (χ3n) is 2.80. The quantitative estimate of drug-likeness (QED) is 0.848. The number of ether oxygens (including phenoxy) is 3. The van der Waals surface area contributed by atoms with Crippen LogP contribution < -0.4 is 15.2 Å². The third kappa shape index (κ3) is 2.93. The minimum Gasteiger partial charge on any atom is -0.494 e. The Hall–Kier alpha value is -2.42. The van der Waals surface area contributed by atoms with Gasteiger partial charge in [0, 0.05) is 0 Å². The molecule has 2 rings (SSSR count). The van der Waals surface area contributed by atoms with E-state index < -0.39 is 24.2 Å². The molecule has 0 amide bonds. The van der Waals surface area contributed by atoms with Crippen molar-refractivity contribution >= 4 is 22.5 Å². The highest BCUT2D eigenvalue weighted by atomic mass is 32.1. The number of hydrogen-bond acceptors (Lipinski definition) is 7. The molecule has 22 heavy (non-hydrogen) atoms. The van der Waals surface area contributed by atoms with E-state index in [2.05, 4.69) is 9.11 Å². The maximum Gasteiger partial charge on any atom is 0.346 e. The highest BCUT2D eigenvalue weighted by Gasteiger charge is 2.23. The van der Waals surface area contributed by atoms with E-state index in [1.54, 1.807) is 0 Å². The molecule has 0 saturated carbocycles.